The number of carboxylic acids is 1. The van der Waals surface area contributed by atoms with Gasteiger partial charge in [-0.2, -0.15) is 13.2 Å². The Morgan fingerprint density at radius 1 is 1.23 bits per heavy atom. The summed E-state index contributed by atoms with van der Waals surface area (Å²) in [5.74, 6) is -3.88. The molecule has 0 rings (SSSR count). The fourth-order valence-electron chi connectivity index (χ4n) is 1.50. The van der Waals surface area contributed by atoms with Crippen LogP contribution in [-0.2, 0) is 21.4 Å². The van der Waals surface area contributed by atoms with E-state index in [0.29, 0.717) is 0 Å². The van der Waals surface area contributed by atoms with Gasteiger partial charge >= 0.3 is 18.1 Å². The second kappa shape index (κ2) is 9.04. The molecular weight excluding hydrogens is 342 g/mol. The molecule has 1 atom stereocenters. The molecule has 3 N–H and O–H groups in total. The molecule has 0 aromatic heterocycles. The number of carboxylic acid groups (broad SMARTS) is 1. The highest BCUT2D eigenvalue weighted by molar-refractivity contribution is 7.97. The molecule has 0 radical (unpaired) electrons. The molecule has 0 aliphatic carbocycles. The molecule has 0 saturated carbocycles. The zero-order valence-corrected chi connectivity index (χ0v) is 13.5. The van der Waals surface area contributed by atoms with Gasteiger partial charge < -0.3 is 5.11 Å². The Hall–Kier alpha value is -1.22. The Bertz CT molecular complexity index is 448. The summed E-state index contributed by atoms with van der Waals surface area (Å²) in [6.45, 7) is 5.72. The van der Waals surface area contributed by atoms with E-state index in [9.17, 15) is 22.8 Å². The van der Waals surface area contributed by atoms with E-state index in [2.05, 4.69) is 23.8 Å². The van der Waals surface area contributed by atoms with E-state index < -0.39 is 37.5 Å². The van der Waals surface area contributed by atoms with E-state index in [0.717, 1.165) is 0 Å². The first-order valence-corrected chi connectivity index (χ1v) is 8.39. The predicted octanol–water partition coefficient (Wildman–Crippen LogP) is 0.497. The van der Waals surface area contributed by atoms with Crippen molar-refractivity contribution in [1.29, 1.82) is 0 Å². The zero-order valence-electron chi connectivity index (χ0n) is 11.5. The van der Waals surface area contributed by atoms with Crippen LogP contribution in [0.2, 0.25) is 0 Å². The van der Waals surface area contributed by atoms with Gasteiger partial charge in [-0.1, -0.05) is 24.0 Å². The minimum atomic E-state index is -5.23. The SMILES string of the molecule is C=CCNC(NCC=C)([PH2]=S)N(CC(=O)O)C(=O)C(F)(F)F. The number of hydrogen-bond donors (Lipinski definition) is 3. The molecule has 1 unspecified atom stereocenters. The summed E-state index contributed by atoms with van der Waals surface area (Å²) in [6.07, 6.45) is -2.52. The molecular formula is C11H17F3N3O3PS. The van der Waals surface area contributed by atoms with Crippen LogP contribution in [0.15, 0.2) is 25.3 Å². The quantitative estimate of drug-likeness (QED) is 0.299. The maximum atomic E-state index is 12.8. The molecule has 0 aliphatic rings. The van der Waals surface area contributed by atoms with Gasteiger partial charge in [0, 0.05) is 13.1 Å². The Morgan fingerprint density at radius 3 is 1.95 bits per heavy atom. The lowest BCUT2D eigenvalue weighted by Gasteiger charge is -2.42. The van der Waals surface area contributed by atoms with Crippen molar-refractivity contribution in [1.82, 2.24) is 15.5 Å². The maximum absolute atomic E-state index is 12.8. The second-order valence-corrected chi connectivity index (χ2v) is 5.78. The van der Waals surface area contributed by atoms with Crippen LogP contribution in [0, 0.1) is 0 Å². The van der Waals surface area contributed by atoms with E-state index >= 15 is 0 Å². The van der Waals surface area contributed by atoms with Crippen LogP contribution in [0.1, 0.15) is 0 Å². The number of hydrogen-bond acceptors (Lipinski definition) is 5. The Balaban J connectivity index is 5.82. The van der Waals surface area contributed by atoms with Crippen LogP contribution < -0.4 is 10.6 Å². The normalized spacial score (nSPS) is 12.3. The summed E-state index contributed by atoms with van der Waals surface area (Å²) in [7, 11) is -1.25. The molecule has 1 amide bonds. The van der Waals surface area contributed by atoms with Crippen molar-refractivity contribution in [2.75, 3.05) is 19.6 Å². The minimum Gasteiger partial charge on any atom is -0.480 e. The van der Waals surface area contributed by atoms with Gasteiger partial charge in [0.1, 0.15) is 6.54 Å². The molecule has 6 nitrogen and oxygen atoms in total. The smallest absolute Gasteiger partial charge is 0.471 e. The average Bonchev–Trinajstić information content (AvgIpc) is 2.44. The van der Waals surface area contributed by atoms with Crippen LogP contribution in [0.4, 0.5) is 13.2 Å². The summed E-state index contributed by atoms with van der Waals surface area (Å²) in [4.78, 5) is 22.6. The number of nitrogens with zero attached hydrogens (tertiary/aromatic N) is 1. The van der Waals surface area contributed by atoms with Gasteiger partial charge in [0.2, 0.25) is 0 Å². The lowest BCUT2D eigenvalue weighted by Crippen LogP contribution is -2.68. The molecule has 0 fully saturated rings. The number of carbonyl (C=O) groups is 2. The van der Waals surface area contributed by atoms with Gasteiger partial charge in [-0.25, -0.2) is 0 Å². The monoisotopic (exact) mass is 359 g/mol. The third kappa shape index (κ3) is 5.88. The summed E-state index contributed by atoms with van der Waals surface area (Å²) < 4.78 is 38.3. The van der Waals surface area contributed by atoms with Crippen LogP contribution in [0.3, 0.4) is 0 Å². The van der Waals surface area contributed by atoms with Crippen LogP contribution in [0.5, 0.6) is 0 Å². The second-order valence-electron chi connectivity index (χ2n) is 4.01. The molecule has 0 heterocycles. The molecule has 0 bridgehead atoms. The zero-order chi connectivity index (χ0) is 17.4. The van der Waals surface area contributed by atoms with Crippen molar-refractivity contribution in [3.63, 3.8) is 0 Å². The third-order valence-corrected chi connectivity index (χ3v) is 4.49. The van der Waals surface area contributed by atoms with Gasteiger partial charge in [0.25, 0.3) is 0 Å². The first kappa shape index (κ1) is 20.8. The molecule has 0 saturated heterocycles. The summed E-state index contributed by atoms with van der Waals surface area (Å²) in [5, 5.41) is 14.1. The number of carbonyl (C=O) groups excluding carboxylic acids is 1. The van der Waals surface area contributed by atoms with Crippen LogP contribution >= 0.6 is 7.36 Å². The van der Waals surface area contributed by atoms with Crippen molar-refractivity contribution in [2.45, 2.75) is 11.7 Å². The predicted molar refractivity (Wildman–Crippen MR) is 81.6 cm³/mol. The van der Waals surface area contributed by atoms with Crippen molar-refractivity contribution >= 4 is 31.0 Å². The number of alkyl halides is 3. The van der Waals surface area contributed by atoms with E-state index in [4.69, 9.17) is 16.9 Å². The molecule has 0 aromatic rings. The van der Waals surface area contributed by atoms with Gasteiger partial charge in [0.15, 0.2) is 5.53 Å². The Labute approximate surface area is 131 Å². The topological polar surface area (TPSA) is 81.7 Å². The van der Waals surface area contributed by atoms with Crippen molar-refractivity contribution < 1.29 is 27.9 Å². The maximum Gasteiger partial charge on any atom is 0.471 e. The molecule has 11 heteroatoms. The highest BCUT2D eigenvalue weighted by atomic mass is 32.4. The molecule has 0 aliphatic heterocycles. The highest BCUT2D eigenvalue weighted by Crippen LogP contribution is 2.28. The standard InChI is InChI=1S/C11H17F3N3O3PS/c1-3-5-15-11(21-22,16-6-4-2)17(7-8(18)19)9(20)10(12,13)14/h3-4,15-16H,1-2,5-7,21H2,(H,18,19). The molecule has 0 spiro atoms. The highest BCUT2D eigenvalue weighted by Gasteiger charge is 2.49. The van der Waals surface area contributed by atoms with Gasteiger partial charge in [0.05, 0.1) is 0 Å². The summed E-state index contributed by atoms with van der Waals surface area (Å²) >= 11 is 4.92. The Kier molecular flexibility index (Phi) is 8.54. The lowest BCUT2D eigenvalue weighted by atomic mass is 10.4. The summed E-state index contributed by atoms with van der Waals surface area (Å²) in [5.41, 5.74) is -1.79. The molecule has 22 heavy (non-hydrogen) atoms. The number of halogens is 3. The minimum absolute atomic E-state index is 0.0229. The number of amides is 1. The summed E-state index contributed by atoms with van der Waals surface area (Å²) in [6, 6.07) is 0. The first-order valence-electron chi connectivity index (χ1n) is 5.93. The molecule has 0 aromatic carbocycles. The van der Waals surface area contributed by atoms with Crippen molar-refractivity contribution in [2.24, 2.45) is 0 Å². The number of rotatable bonds is 10. The van der Waals surface area contributed by atoms with Crippen molar-refractivity contribution in [3.05, 3.63) is 25.3 Å². The number of aliphatic carboxylic acids is 1. The molecule has 126 valence electrons. The van der Waals surface area contributed by atoms with E-state index in [1.807, 2.05) is 0 Å². The fraction of sp³-hybridized carbons (Fsp3) is 0.455. The van der Waals surface area contributed by atoms with E-state index in [-0.39, 0.29) is 18.0 Å². The fourth-order valence-corrected chi connectivity index (χ4v) is 3.12. The van der Waals surface area contributed by atoms with Crippen LogP contribution in [0.25, 0.3) is 0 Å². The largest absolute Gasteiger partial charge is 0.480 e. The van der Waals surface area contributed by atoms with Crippen LogP contribution in [-0.4, -0.2) is 53.2 Å². The average molecular weight is 359 g/mol. The van der Waals surface area contributed by atoms with Gasteiger partial charge in [-0.3, -0.25) is 25.1 Å². The third-order valence-electron chi connectivity index (χ3n) is 2.41. The van der Waals surface area contributed by atoms with Gasteiger partial charge in [-0.15, -0.1) is 13.2 Å². The van der Waals surface area contributed by atoms with Gasteiger partial charge in [-0.05, 0) is 7.36 Å². The Morgan fingerprint density at radius 2 is 1.68 bits per heavy atom. The number of nitrogens with one attached hydrogen (secondary N) is 2. The van der Waals surface area contributed by atoms with E-state index in [1.165, 1.54) is 12.2 Å². The first-order chi connectivity index (χ1) is 10.1. The van der Waals surface area contributed by atoms with E-state index in [1.54, 1.807) is 0 Å². The lowest BCUT2D eigenvalue weighted by molar-refractivity contribution is -0.192. The van der Waals surface area contributed by atoms with Crippen molar-refractivity contribution in [3.8, 4) is 0 Å².